The van der Waals surface area contributed by atoms with Crippen LogP contribution >= 0.6 is 0 Å². The summed E-state index contributed by atoms with van der Waals surface area (Å²) >= 11 is 0. The number of nitrogens with zero attached hydrogens (tertiary/aromatic N) is 3. The fraction of sp³-hybridized carbons (Fsp3) is 0.474. The van der Waals surface area contributed by atoms with E-state index in [9.17, 15) is 9.90 Å². The van der Waals surface area contributed by atoms with Crippen LogP contribution in [-0.2, 0) is 24.8 Å². The number of aromatic nitrogens is 2. The highest BCUT2D eigenvalue weighted by molar-refractivity contribution is 5.94. The number of hydrogen-bond donors (Lipinski definition) is 1. The second-order valence-electron chi connectivity index (χ2n) is 6.56. The highest BCUT2D eigenvalue weighted by Crippen LogP contribution is 2.32. The maximum atomic E-state index is 13.1. The van der Waals surface area contributed by atoms with Crippen molar-refractivity contribution in [3.8, 4) is 0 Å². The molecule has 1 aliphatic heterocycles. The first-order valence-corrected chi connectivity index (χ1v) is 8.66. The van der Waals surface area contributed by atoms with Crippen molar-refractivity contribution in [1.82, 2.24) is 14.7 Å². The third-order valence-corrected chi connectivity index (χ3v) is 4.58. The third kappa shape index (κ3) is 3.60. The van der Waals surface area contributed by atoms with Gasteiger partial charge in [0.1, 0.15) is 0 Å². The summed E-state index contributed by atoms with van der Waals surface area (Å²) in [5.41, 5.74) is 3.43. The van der Waals surface area contributed by atoms with E-state index in [1.165, 1.54) is 0 Å². The van der Waals surface area contributed by atoms with E-state index in [0.717, 1.165) is 16.8 Å². The van der Waals surface area contributed by atoms with Gasteiger partial charge in [-0.05, 0) is 19.4 Å². The monoisotopic (exact) mass is 343 g/mol. The highest BCUT2D eigenvalue weighted by Gasteiger charge is 2.32. The lowest BCUT2D eigenvalue weighted by Crippen LogP contribution is -2.34. The van der Waals surface area contributed by atoms with Crippen molar-refractivity contribution in [1.29, 1.82) is 0 Å². The van der Waals surface area contributed by atoms with E-state index >= 15 is 0 Å². The lowest BCUT2D eigenvalue weighted by molar-refractivity contribution is -0.00907. The molecule has 1 N–H and O–H groups in total. The van der Waals surface area contributed by atoms with Gasteiger partial charge < -0.3 is 14.7 Å². The number of amides is 1. The summed E-state index contributed by atoms with van der Waals surface area (Å²) in [7, 11) is 1.85. The van der Waals surface area contributed by atoms with Crippen LogP contribution in [0.3, 0.4) is 0 Å². The third-order valence-electron chi connectivity index (χ3n) is 4.58. The lowest BCUT2D eigenvalue weighted by Gasteiger charge is -2.27. The van der Waals surface area contributed by atoms with Crippen LogP contribution in [0.25, 0.3) is 0 Å². The Labute approximate surface area is 148 Å². The molecule has 0 spiro atoms. The van der Waals surface area contributed by atoms with Crippen LogP contribution in [0.15, 0.2) is 30.3 Å². The first kappa shape index (κ1) is 17.6. The van der Waals surface area contributed by atoms with Gasteiger partial charge in [0.2, 0.25) is 0 Å². The molecule has 2 heterocycles. The SMILES string of the molecule is C[C@@H]1Cc2c(C(=O)N(CCO)Cc3ccccc3)nn(C)c2[C@H](C)O1. The zero-order valence-corrected chi connectivity index (χ0v) is 15.0. The van der Waals surface area contributed by atoms with Crippen molar-refractivity contribution in [3.63, 3.8) is 0 Å². The molecule has 25 heavy (non-hydrogen) atoms. The Hall–Kier alpha value is -2.18. The molecule has 6 heteroatoms. The molecule has 0 fully saturated rings. The molecule has 0 saturated carbocycles. The van der Waals surface area contributed by atoms with Crippen LogP contribution in [0.5, 0.6) is 0 Å². The molecule has 0 radical (unpaired) electrons. The minimum Gasteiger partial charge on any atom is -0.395 e. The van der Waals surface area contributed by atoms with Gasteiger partial charge in [0, 0.05) is 32.1 Å². The van der Waals surface area contributed by atoms with Gasteiger partial charge >= 0.3 is 0 Å². The second kappa shape index (κ2) is 7.37. The van der Waals surface area contributed by atoms with E-state index in [1.807, 2.05) is 51.2 Å². The average Bonchev–Trinajstić information content (AvgIpc) is 2.91. The van der Waals surface area contributed by atoms with Crippen LogP contribution < -0.4 is 0 Å². The molecule has 1 aromatic heterocycles. The number of hydrogen-bond acceptors (Lipinski definition) is 4. The molecular formula is C19H25N3O3. The van der Waals surface area contributed by atoms with Crippen molar-refractivity contribution in [2.75, 3.05) is 13.2 Å². The second-order valence-corrected chi connectivity index (χ2v) is 6.56. The number of aryl methyl sites for hydroxylation is 1. The van der Waals surface area contributed by atoms with Crippen LogP contribution in [0.1, 0.15) is 47.3 Å². The first-order valence-electron chi connectivity index (χ1n) is 8.66. The van der Waals surface area contributed by atoms with Gasteiger partial charge in [-0.1, -0.05) is 30.3 Å². The van der Waals surface area contributed by atoms with Crippen LogP contribution in [0.4, 0.5) is 0 Å². The number of aliphatic hydroxyl groups is 1. The first-order chi connectivity index (χ1) is 12.0. The largest absolute Gasteiger partial charge is 0.395 e. The summed E-state index contributed by atoms with van der Waals surface area (Å²) in [6, 6.07) is 9.78. The fourth-order valence-electron chi connectivity index (χ4n) is 3.54. The van der Waals surface area contributed by atoms with Gasteiger partial charge in [-0.3, -0.25) is 9.48 Å². The van der Waals surface area contributed by atoms with Gasteiger partial charge in [-0.2, -0.15) is 5.10 Å². The summed E-state index contributed by atoms with van der Waals surface area (Å²) < 4.78 is 7.61. The molecule has 2 aromatic rings. The quantitative estimate of drug-likeness (QED) is 0.902. The smallest absolute Gasteiger partial charge is 0.275 e. The highest BCUT2D eigenvalue weighted by atomic mass is 16.5. The van der Waals surface area contributed by atoms with E-state index in [-0.39, 0.29) is 31.3 Å². The predicted octanol–water partition coefficient (Wildman–Crippen LogP) is 2.08. The van der Waals surface area contributed by atoms with Crippen molar-refractivity contribution in [3.05, 3.63) is 52.8 Å². The Morgan fingerprint density at radius 2 is 2.08 bits per heavy atom. The number of carbonyl (C=O) groups excluding carboxylic acids is 1. The van der Waals surface area contributed by atoms with Gasteiger partial charge in [0.25, 0.3) is 5.91 Å². The van der Waals surface area contributed by atoms with E-state index in [1.54, 1.807) is 9.58 Å². The van der Waals surface area contributed by atoms with Gasteiger partial charge in [-0.25, -0.2) is 0 Å². The standard InChI is InChI=1S/C19H25N3O3/c1-13-11-16-17(20-21(3)18(16)14(2)25-13)19(24)22(9-10-23)12-15-7-5-4-6-8-15/h4-8,13-14,23H,9-12H2,1-3H3/t13-,14+/m1/s1. The topological polar surface area (TPSA) is 67.6 Å². The van der Waals surface area contributed by atoms with Crippen LogP contribution in [0, 0.1) is 0 Å². The number of ether oxygens (including phenoxy) is 1. The molecule has 1 amide bonds. The van der Waals surface area contributed by atoms with Gasteiger partial charge in [0.05, 0.1) is 24.5 Å². The minimum atomic E-state index is -0.143. The Bertz CT molecular complexity index is 742. The molecular weight excluding hydrogens is 318 g/mol. The Morgan fingerprint density at radius 1 is 1.36 bits per heavy atom. The summed E-state index contributed by atoms with van der Waals surface area (Å²) in [6.07, 6.45) is 0.643. The maximum Gasteiger partial charge on any atom is 0.275 e. The molecule has 0 unspecified atom stereocenters. The van der Waals surface area contributed by atoms with Crippen LogP contribution in [0.2, 0.25) is 0 Å². The summed E-state index contributed by atoms with van der Waals surface area (Å²) in [4.78, 5) is 14.8. The molecule has 134 valence electrons. The summed E-state index contributed by atoms with van der Waals surface area (Å²) in [5, 5.41) is 13.9. The fourth-order valence-corrected chi connectivity index (χ4v) is 3.54. The summed E-state index contributed by atoms with van der Waals surface area (Å²) in [5.74, 6) is -0.143. The van der Waals surface area contributed by atoms with E-state index in [2.05, 4.69) is 5.10 Å². The minimum absolute atomic E-state index is 0.0543. The predicted molar refractivity (Wildman–Crippen MR) is 94.1 cm³/mol. The molecule has 1 aliphatic rings. The van der Waals surface area contributed by atoms with Crippen molar-refractivity contribution < 1.29 is 14.6 Å². The molecule has 6 nitrogen and oxygen atoms in total. The van der Waals surface area contributed by atoms with Gasteiger partial charge in [0.15, 0.2) is 5.69 Å². The van der Waals surface area contributed by atoms with Crippen molar-refractivity contribution in [2.45, 2.75) is 39.0 Å². The Balaban J connectivity index is 1.91. The summed E-state index contributed by atoms with van der Waals surface area (Å²) in [6.45, 7) is 4.65. The average molecular weight is 343 g/mol. The van der Waals surface area contributed by atoms with Crippen molar-refractivity contribution in [2.24, 2.45) is 7.05 Å². The Morgan fingerprint density at radius 3 is 2.76 bits per heavy atom. The normalized spacial score (nSPS) is 19.5. The number of carbonyl (C=O) groups is 1. The number of aliphatic hydroxyl groups excluding tert-OH is 1. The molecule has 0 saturated heterocycles. The molecule has 0 aliphatic carbocycles. The van der Waals surface area contributed by atoms with E-state index in [0.29, 0.717) is 18.7 Å². The van der Waals surface area contributed by atoms with Crippen LogP contribution in [-0.4, -0.2) is 44.9 Å². The number of benzene rings is 1. The molecule has 0 bridgehead atoms. The van der Waals surface area contributed by atoms with E-state index in [4.69, 9.17) is 4.74 Å². The number of rotatable bonds is 5. The number of fused-ring (bicyclic) bond motifs is 1. The Kier molecular flexibility index (Phi) is 5.20. The molecule has 2 atom stereocenters. The van der Waals surface area contributed by atoms with E-state index < -0.39 is 0 Å². The molecule has 3 rings (SSSR count). The van der Waals surface area contributed by atoms with Crippen molar-refractivity contribution >= 4 is 5.91 Å². The zero-order chi connectivity index (χ0) is 18.0. The maximum absolute atomic E-state index is 13.1. The lowest BCUT2D eigenvalue weighted by atomic mass is 9.99. The molecule has 1 aromatic carbocycles. The van der Waals surface area contributed by atoms with Gasteiger partial charge in [-0.15, -0.1) is 0 Å². The zero-order valence-electron chi connectivity index (χ0n) is 15.0.